The molecule has 18 heavy (non-hydrogen) atoms. The molecule has 2 nitrogen and oxygen atoms in total. The largest absolute Gasteiger partial charge is 0.493 e. The van der Waals surface area contributed by atoms with E-state index in [0.717, 1.165) is 23.1 Å². The zero-order valence-electron chi connectivity index (χ0n) is 11.3. The lowest BCUT2D eigenvalue weighted by Gasteiger charge is -2.11. The zero-order chi connectivity index (χ0) is 13.1. The van der Waals surface area contributed by atoms with Gasteiger partial charge in [-0.15, -0.1) is 0 Å². The van der Waals surface area contributed by atoms with Crippen molar-refractivity contribution in [3.8, 4) is 5.75 Å². The van der Waals surface area contributed by atoms with Crippen molar-refractivity contribution in [1.29, 1.82) is 0 Å². The summed E-state index contributed by atoms with van der Waals surface area (Å²) in [6.45, 7) is 7.15. The molecule has 3 atom stereocenters. The van der Waals surface area contributed by atoms with Crippen LogP contribution in [0, 0.1) is 5.92 Å². The third-order valence-corrected chi connectivity index (χ3v) is 4.06. The molecule has 0 radical (unpaired) electrons. The van der Waals surface area contributed by atoms with Crippen LogP contribution in [-0.4, -0.2) is 18.8 Å². The lowest BCUT2D eigenvalue weighted by molar-refractivity contribution is 0.322. The maximum Gasteiger partial charge on any atom is 0.133 e. The summed E-state index contributed by atoms with van der Waals surface area (Å²) < 4.78 is 12.2. The van der Waals surface area contributed by atoms with Gasteiger partial charge in [-0.3, -0.25) is 0 Å². The van der Waals surface area contributed by atoms with Crippen molar-refractivity contribution in [2.45, 2.75) is 45.8 Å². The van der Waals surface area contributed by atoms with E-state index in [0.29, 0.717) is 24.7 Å². The Hall–Kier alpha value is -0.540. The maximum atomic E-state index is 5.66. The molecule has 1 heterocycles. The highest BCUT2D eigenvalue weighted by atomic mass is 79.9. The number of halogens is 1. The fourth-order valence-electron chi connectivity index (χ4n) is 2.42. The molecule has 1 aromatic rings. The molecule has 0 bridgehead atoms. The van der Waals surface area contributed by atoms with Gasteiger partial charge in [0.2, 0.25) is 0 Å². The average Bonchev–Trinajstić information content (AvgIpc) is 3.12. The van der Waals surface area contributed by atoms with Gasteiger partial charge in [-0.25, -0.2) is 0 Å². The van der Waals surface area contributed by atoms with E-state index in [1.54, 1.807) is 0 Å². The van der Waals surface area contributed by atoms with Crippen LogP contribution < -0.4 is 4.74 Å². The highest BCUT2D eigenvalue weighted by Crippen LogP contribution is 2.34. The topological polar surface area (TPSA) is 21.8 Å². The Balaban J connectivity index is 1.95. The normalized spacial score (nSPS) is 23.8. The summed E-state index contributed by atoms with van der Waals surface area (Å²) in [6, 6.07) is 6.35. The van der Waals surface area contributed by atoms with Crippen LogP contribution in [0.5, 0.6) is 5.75 Å². The number of hydrogen-bond acceptors (Lipinski definition) is 2. The molecular formula is C15H21BrO2. The lowest BCUT2D eigenvalue weighted by atomic mass is 9.96. The number of rotatable bonds is 6. The molecule has 1 aromatic carbocycles. The first-order valence-corrected chi connectivity index (χ1v) is 7.51. The van der Waals surface area contributed by atoms with E-state index in [2.05, 4.69) is 41.9 Å². The highest BCUT2D eigenvalue weighted by Gasteiger charge is 2.40. The smallest absolute Gasteiger partial charge is 0.133 e. The monoisotopic (exact) mass is 312 g/mol. The highest BCUT2D eigenvalue weighted by molar-refractivity contribution is 9.10. The molecule has 0 saturated carbocycles. The van der Waals surface area contributed by atoms with Crippen molar-refractivity contribution in [2.75, 3.05) is 6.61 Å². The molecule has 0 amide bonds. The summed E-state index contributed by atoms with van der Waals surface area (Å²) in [7, 11) is 0. The summed E-state index contributed by atoms with van der Waals surface area (Å²) in [6.07, 6.45) is 3.14. The van der Waals surface area contributed by atoms with Crippen molar-refractivity contribution < 1.29 is 9.47 Å². The van der Waals surface area contributed by atoms with Crippen LogP contribution >= 0.6 is 15.9 Å². The van der Waals surface area contributed by atoms with Crippen LogP contribution in [0.1, 0.15) is 32.8 Å². The number of benzene rings is 1. The van der Waals surface area contributed by atoms with E-state index in [9.17, 15) is 0 Å². The van der Waals surface area contributed by atoms with Crippen molar-refractivity contribution in [3.63, 3.8) is 0 Å². The molecule has 100 valence electrons. The first kappa shape index (κ1) is 13.9. The number of hydrogen-bond donors (Lipinski definition) is 0. The van der Waals surface area contributed by atoms with Crippen molar-refractivity contribution in [3.05, 3.63) is 28.2 Å². The predicted molar refractivity (Wildman–Crippen MR) is 77.1 cm³/mol. The Morgan fingerprint density at radius 2 is 2.17 bits per heavy atom. The van der Waals surface area contributed by atoms with Crippen LogP contribution in [0.2, 0.25) is 0 Å². The Morgan fingerprint density at radius 3 is 2.72 bits per heavy atom. The summed E-state index contributed by atoms with van der Waals surface area (Å²) in [5.41, 5.74) is 1.34. The van der Waals surface area contributed by atoms with Gasteiger partial charge in [-0.2, -0.15) is 0 Å². The van der Waals surface area contributed by atoms with Gasteiger partial charge in [0.25, 0.3) is 0 Å². The third-order valence-electron chi connectivity index (χ3n) is 3.44. The van der Waals surface area contributed by atoms with Gasteiger partial charge < -0.3 is 9.47 Å². The van der Waals surface area contributed by atoms with Crippen LogP contribution in [0.15, 0.2) is 22.7 Å². The maximum absolute atomic E-state index is 5.66. The van der Waals surface area contributed by atoms with E-state index >= 15 is 0 Å². The van der Waals surface area contributed by atoms with Crippen LogP contribution in [0.4, 0.5) is 0 Å². The van der Waals surface area contributed by atoms with Crippen molar-refractivity contribution in [1.82, 2.24) is 0 Å². The van der Waals surface area contributed by atoms with E-state index in [4.69, 9.17) is 9.47 Å². The van der Waals surface area contributed by atoms with Gasteiger partial charge in [0.1, 0.15) is 5.75 Å². The van der Waals surface area contributed by atoms with Gasteiger partial charge in [0.15, 0.2) is 0 Å². The molecule has 1 fully saturated rings. The third kappa shape index (κ3) is 3.27. The minimum atomic E-state index is 0.459. The number of ether oxygens (including phenoxy) is 2. The van der Waals surface area contributed by atoms with E-state index < -0.39 is 0 Å². The van der Waals surface area contributed by atoms with E-state index in [-0.39, 0.29) is 0 Å². The summed E-state index contributed by atoms with van der Waals surface area (Å²) in [4.78, 5) is 0. The Labute approximate surface area is 118 Å². The first-order valence-electron chi connectivity index (χ1n) is 6.72. The second kappa shape index (κ2) is 6.07. The fraction of sp³-hybridized carbons (Fsp3) is 0.600. The summed E-state index contributed by atoms with van der Waals surface area (Å²) in [5.74, 6) is 1.50. The minimum Gasteiger partial charge on any atom is -0.493 e. The molecule has 0 N–H and O–H groups in total. The number of epoxide rings is 1. The zero-order valence-corrected chi connectivity index (χ0v) is 12.9. The SMILES string of the molecule is CCOc1ccc(CC(C)C2OC2CC)cc1Br. The van der Waals surface area contributed by atoms with Gasteiger partial charge >= 0.3 is 0 Å². The van der Waals surface area contributed by atoms with Crippen molar-refractivity contribution in [2.24, 2.45) is 5.92 Å². The second-order valence-electron chi connectivity index (χ2n) is 4.93. The fourth-order valence-corrected chi connectivity index (χ4v) is 2.96. The Bertz CT molecular complexity index is 405. The molecule has 1 saturated heterocycles. The van der Waals surface area contributed by atoms with Crippen molar-refractivity contribution >= 4 is 15.9 Å². The standard InChI is InChI=1S/C15H21BrO2/c1-4-13-15(18-13)10(3)8-11-6-7-14(17-5-2)12(16)9-11/h6-7,9-10,13,15H,4-5,8H2,1-3H3. The van der Waals surface area contributed by atoms with Crippen LogP contribution in [0.25, 0.3) is 0 Å². The van der Waals surface area contributed by atoms with Gasteiger partial charge in [0.05, 0.1) is 23.3 Å². The molecule has 1 aliphatic rings. The van der Waals surface area contributed by atoms with E-state index in [1.165, 1.54) is 5.56 Å². The second-order valence-corrected chi connectivity index (χ2v) is 5.78. The van der Waals surface area contributed by atoms with E-state index in [1.807, 2.05) is 13.0 Å². The van der Waals surface area contributed by atoms with Crippen LogP contribution in [0.3, 0.4) is 0 Å². The Kier molecular flexibility index (Phi) is 4.68. The average molecular weight is 313 g/mol. The van der Waals surface area contributed by atoms with Gasteiger partial charge in [0, 0.05) is 0 Å². The van der Waals surface area contributed by atoms with Gasteiger partial charge in [-0.05, 0) is 59.3 Å². The molecule has 3 unspecified atom stereocenters. The molecule has 2 rings (SSSR count). The Morgan fingerprint density at radius 1 is 1.39 bits per heavy atom. The molecule has 0 aromatic heterocycles. The molecule has 1 aliphatic heterocycles. The van der Waals surface area contributed by atoms with Gasteiger partial charge in [-0.1, -0.05) is 19.9 Å². The molecule has 3 heteroatoms. The first-order chi connectivity index (χ1) is 8.65. The lowest BCUT2D eigenvalue weighted by Crippen LogP contribution is -2.10. The molecule has 0 spiro atoms. The predicted octanol–water partition coefficient (Wildman–Crippen LogP) is 4.20. The summed E-state index contributed by atoms with van der Waals surface area (Å²) in [5, 5.41) is 0. The summed E-state index contributed by atoms with van der Waals surface area (Å²) >= 11 is 3.56. The molecule has 0 aliphatic carbocycles. The molecular weight excluding hydrogens is 292 g/mol. The van der Waals surface area contributed by atoms with Crippen LogP contribution in [-0.2, 0) is 11.2 Å². The minimum absolute atomic E-state index is 0.459. The quantitative estimate of drug-likeness (QED) is 0.734.